The van der Waals surface area contributed by atoms with Gasteiger partial charge in [-0.1, -0.05) is 11.6 Å². The van der Waals surface area contributed by atoms with Crippen molar-refractivity contribution in [2.45, 2.75) is 50.7 Å². The van der Waals surface area contributed by atoms with E-state index in [1.807, 2.05) is 4.90 Å². The Morgan fingerprint density at radius 2 is 1.90 bits per heavy atom. The smallest absolute Gasteiger partial charge is 0.236 e. The highest BCUT2D eigenvalue weighted by Crippen LogP contribution is 2.31. The number of imidazole rings is 1. The number of carbonyl (C=O) groups excluding carboxylic acids is 1. The number of piperidine rings is 1. The van der Waals surface area contributed by atoms with E-state index in [0.717, 1.165) is 57.7 Å². The number of nitrogens with zero attached hydrogens (tertiary/aromatic N) is 4. The van der Waals surface area contributed by atoms with Crippen molar-refractivity contribution >= 4 is 28.5 Å². The van der Waals surface area contributed by atoms with Gasteiger partial charge in [0, 0.05) is 38.3 Å². The molecule has 3 aliphatic rings. The normalized spacial score (nSPS) is 25.8. The lowest BCUT2D eigenvalue weighted by Gasteiger charge is -2.41. The van der Waals surface area contributed by atoms with Crippen molar-refractivity contribution in [3.05, 3.63) is 28.8 Å². The van der Waals surface area contributed by atoms with Crippen molar-refractivity contribution in [1.29, 1.82) is 0 Å². The molecule has 6 nitrogen and oxygen atoms in total. The van der Waals surface area contributed by atoms with E-state index in [-0.39, 0.29) is 5.82 Å². The van der Waals surface area contributed by atoms with Crippen LogP contribution < -0.4 is 0 Å². The van der Waals surface area contributed by atoms with Gasteiger partial charge in [-0.3, -0.25) is 14.6 Å². The highest BCUT2D eigenvalue weighted by atomic mass is 35.5. The number of hydrogen-bond acceptors (Lipinski definition) is 4. The number of amides is 1. The number of H-pyrrole nitrogens is 1. The first-order chi connectivity index (χ1) is 14.1. The Labute approximate surface area is 175 Å². The second kappa shape index (κ2) is 7.85. The number of likely N-dealkylation sites (tertiary alicyclic amines) is 2. The number of fused-ring (bicyclic) bond motifs is 3. The minimum absolute atomic E-state index is 0.295. The molecule has 1 aromatic heterocycles. The van der Waals surface area contributed by atoms with Gasteiger partial charge in [-0.2, -0.15) is 0 Å². The summed E-state index contributed by atoms with van der Waals surface area (Å²) in [4.78, 5) is 27.4. The SMILES string of the molecule is O=C(CN1C2CCC1CN(Cc1nc3c(Cl)cc(F)cc3[nH]1)C2)N1CCCCC1. The van der Waals surface area contributed by atoms with Gasteiger partial charge in [-0.15, -0.1) is 0 Å². The van der Waals surface area contributed by atoms with Gasteiger partial charge in [-0.05, 0) is 44.2 Å². The molecule has 1 amide bonds. The lowest BCUT2D eigenvalue weighted by atomic mass is 10.1. The van der Waals surface area contributed by atoms with E-state index < -0.39 is 0 Å². The number of halogens is 2. The van der Waals surface area contributed by atoms with Crippen molar-refractivity contribution in [2.75, 3.05) is 32.7 Å². The van der Waals surface area contributed by atoms with Crippen LogP contribution in [0.5, 0.6) is 0 Å². The summed E-state index contributed by atoms with van der Waals surface area (Å²) in [5, 5.41) is 0.337. The first-order valence-electron chi connectivity index (χ1n) is 10.7. The lowest BCUT2D eigenvalue weighted by molar-refractivity contribution is -0.135. The number of nitrogens with one attached hydrogen (secondary N) is 1. The first kappa shape index (κ1) is 19.3. The molecule has 8 heteroatoms. The molecule has 2 unspecified atom stereocenters. The number of carbonyl (C=O) groups is 1. The fourth-order valence-electron chi connectivity index (χ4n) is 5.24. The van der Waals surface area contributed by atoms with E-state index in [2.05, 4.69) is 19.8 Å². The minimum atomic E-state index is -0.359. The van der Waals surface area contributed by atoms with Crippen LogP contribution in [0.4, 0.5) is 4.39 Å². The summed E-state index contributed by atoms with van der Waals surface area (Å²) >= 11 is 6.13. The molecule has 0 saturated carbocycles. The Kier molecular flexibility index (Phi) is 5.22. The van der Waals surface area contributed by atoms with Crippen LogP contribution in [0.3, 0.4) is 0 Å². The fourth-order valence-corrected chi connectivity index (χ4v) is 5.49. The average molecular weight is 420 g/mol. The highest BCUT2D eigenvalue weighted by molar-refractivity contribution is 6.34. The third-order valence-electron chi connectivity index (χ3n) is 6.66. The maximum atomic E-state index is 13.6. The van der Waals surface area contributed by atoms with Gasteiger partial charge in [-0.25, -0.2) is 9.37 Å². The molecule has 0 aliphatic carbocycles. The van der Waals surface area contributed by atoms with Gasteiger partial charge in [0.1, 0.15) is 17.2 Å². The molecule has 4 heterocycles. The Hall–Kier alpha value is -1.70. The van der Waals surface area contributed by atoms with E-state index in [1.165, 1.54) is 18.6 Å². The Balaban J connectivity index is 1.23. The fraction of sp³-hybridized carbons (Fsp3) is 0.619. The summed E-state index contributed by atoms with van der Waals surface area (Å²) in [6, 6.07) is 3.58. The van der Waals surface area contributed by atoms with Crippen LogP contribution in [0.25, 0.3) is 11.0 Å². The molecule has 5 rings (SSSR count). The van der Waals surface area contributed by atoms with Crippen LogP contribution in [0.1, 0.15) is 37.9 Å². The third-order valence-corrected chi connectivity index (χ3v) is 6.95. The van der Waals surface area contributed by atoms with Crippen molar-refractivity contribution < 1.29 is 9.18 Å². The summed E-state index contributed by atoms with van der Waals surface area (Å²) in [5.41, 5.74) is 1.26. The van der Waals surface area contributed by atoms with E-state index in [9.17, 15) is 9.18 Å². The van der Waals surface area contributed by atoms with E-state index in [0.29, 0.717) is 47.1 Å². The number of hydrogen-bond donors (Lipinski definition) is 1. The minimum Gasteiger partial charge on any atom is -0.342 e. The molecule has 0 spiro atoms. The van der Waals surface area contributed by atoms with Gasteiger partial charge < -0.3 is 9.88 Å². The van der Waals surface area contributed by atoms with E-state index >= 15 is 0 Å². The van der Waals surface area contributed by atoms with Crippen LogP contribution in [-0.2, 0) is 11.3 Å². The molecule has 2 atom stereocenters. The standard InChI is InChI=1S/C21H27ClFN5O/c22-17-8-14(23)9-18-21(17)25-19(24-18)12-26-10-15-4-5-16(11-26)28(15)13-20(29)27-6-2-1-3-7-27/h8-9,15-16H,1-7,10-13H2,(H,24,25). The topological polar surface area (TPSA) is 55.5 Å². The second-order valence-electron chi connectivity index (χ2n) is 8.66. The van der Waals surface area contributed by atoms with Crippen LogP contribution in [0.2, 0.25) is 5.02 Å². The summed E-state index contributed by atoms with van der Waals surface area (Å²) in [6.45, 7) is 4.95. The molecule has 3 aliphatic heterocycles. The molecular formula is C21H27ClFN5O. The van der Waals surface area contributed by atoms with Gasteiger partial charge in [0.15, 0.2) is 0 Å². The third kappa shape index (κ3) is 3.88. The molecule has 156 valence electrons. The lowest BCUT2D eigenvalue weighted by Crippen LogP contribution is -2.56. The molecule has 3 fully saturated rings. The largest absolute Gasteiger partial charge is 0.342 e. The quantitative estimate of drug-likeness (QED) is 0.827. The Bertz CT molecular complexity index is 898. The molecule has 1 N–H and O–H groups in total. The van der Waals surface area contributed by atoms with Crippen molar-refractivity contribution in [2.24, 2.45) is 0 Å². The molecule has 0 radical (unpaired) electrons. The molecule has 1 aromatic carbocycles. The second-order valence-corrected chi connectivity index (χ2v) is 9.07. The van der Waals surface area contributed by atoms with Gasteiger partial charge in [0.05, 0.1) is 23.6 Å². The highest BCUT2D eigenvalue weighted by Gasteiger charge is 2.41. The van der Waals surface area contributed by atoms with Crippen LogP contribution >= 0.6 is 11.6 Å². The summed E-state index contributed by atoms with van der Waals surface area (Å²) in [6.07, 6.45) is 5.81. The predicted molar refractivity (Wildman–Crippen MR) is 110 cm³/mol. The van der Waals surface area contributed by atoms with Crippen molar-refractivity contribution in [3.8, 4) is 0 Å². The molecule has 2 aromatic rings. The monoisotopic (exact) mass is 419 g/mol. The van der Waals surface area contributed by atoms with E-state index in [1.54, 1.807) is 0 Å². The summed E-state index contributed by atoms with van der Waals surface area (Å²) in [5.74, 6) is 0.747. The zero-order valence-corrected chi connectivity index (χ0v) is 17.3. The number of aromatic nitrogens is 2. The van der Waals surface area contributed by atoms with Gasteiger partial charge in [0.2, 0.25) is 5.91 Å². The number of piperazine rings is 1. The predicted octanol–water partition coefficient (Wildman–Crippen LogP) is 3.02. The number of benzene rings is 1. The van der Waals surface area contributed by atoms with Gasteiger partial charge >= 0.3 is 0 Å². The zero-order valence-electron chi connectivity index (χ0n) is 16.5. The van der Waals surface area contributed by atoms with Gasteiger partial charge in [0.25, 0.3) is 0 Å². The van der Waals surface area contributed by atoms with Crippen LogP contribution in [-0.4, -0.2) is 75.4 Å². The van der Waals surface area contributed by atoms with Crippen LogP contribution in [0, 0.1) is 5.82 Å². The first-order valence-corrected chi connectivity index (χ1v) is 11.0. The summed E-state index contributed by atoms with van der Waals surface area (Å²) in [7, 11) is 0. The molecule has 29 heavy (non-hydrogen) atoms. The van der Waals surface area contributed by atoms with Crippen molar-refractivity contribution in [1.82, 2.24) is 24.7 Å². The summed E-state index contributed by atoms with van der Waals surface area (Å²) < 4.78 is 13.6. The Morgan fingerprint density at radius 3 is 2.62 bits per heavy atom. The maximum Gasteiger partial charge on any atom is 0.236 e. The molecule has 2 bridgehead atoms. The number of aromatic amines is 1. The number of rotatable bonds is 4. The average Bonchev–Trinajstić information content (AvgIpc) is 3.19. The molecule has 3 saturated heterocycles. The maximum absolute atomic E-state index is 13.6. The Morgan fingerprint density at radius 1 is 1.17 bits per heavy atom. The van der Waals surface area contributed by atoms with Crippen molar-refractivity contribution in [3.63, 3.8) is 0 Å². The zero-order chi connectivity index (χ0) is 20.0. The van der Waals surface area contributed by atoms with Crippen LogP contribution in [0.15, 0.2) is 12.1 Å². The molecular weight excluding hydrogens is 393 g/mol. The van der Waals surface area contributed by atoms with E-state index in [4.69, 9.17) is 11.6 Å².